The standard InChI is InChI=1S/C12H18F3N3/c1-2-6-18(9-12(13,14)15)8-11-5-3-4-10(7-16)17-11/h3-5H,2,6-9,16H2,1H3. The van der Waals surface area contributed by atoms with E-state index in [1.165, 1.54) is 4.90 Å². The SMILES string of the molecule is CCCN(Cc1cccc(CN)n1)CC(F)(F)F. The molecule has 1 aromatic heterocycles. The highest BCUT2D eigenvalue weighted by atomic mass is 19.4. The number of halogens is 3. The fourth-order valence-corrected chi connectivity index (χ4v) is 1.74. The summed E-state index contributed by atoms with van der Waals surface area (Å²) in [4.78, 5) is 5.56. The number of aromatic nitrogens is 1. The van der Waals surface area contributed by atoms with E-state index in [-0.39, 0.29) is 6.54 Å². The molecule has 1 heterocycles. The van der Waals surface area contributed by atoms with Crippen LogP contribution >= 0.6 is 0 Å². The molecule has 0 spiro atoms. The van der Waals surface area contributed by atoms with E-state index >= 15 is 0 Å². The monoisotopic (exact) mass is 261 g/mol. The van der Waals surface area contributed by atoms with Crippen molar-refractivity contribution in [2.24, 2.45) is 5.73 Å². The zero-order valence-electron chi connectivity index (χ0n) is 10.4. The van der Waals surface area contributed by atoms with Gasteiger partial charge in [0.15, 0.2) is 0 Å². The van der Waals surface area contributed by atoms with Gasteiger partial charge in [-0.05, 0) is 25.1 Å². The van der Waals surface area contributed by atoms with E-state index in [1.54, 1.807) is 18.2 Å². The van der Waals surface area contributed by atoms with Crippen molar-refractivity contribution in [2.75, 3.05) is 13.1 Å². The van der Waals surface area contributed by atoms with Gasteiger partial charge in [0.25, 0.3) is 0 Å². The van der Waals surface area contributed by atoms with Gasteiger partial charge in [0, 0.05) is 13.1 Å². The van der Waals surface area contributed by atoms with E-state index in [9.17, 15) is 13.2 Å². The molecule has 102 valence electrons. The normalized spacial score (nSPS) is 12.1. The highest BCUT2D eigenvalue weighted by Gasteiger charge is 2.30. The predicted octanol–water partition coefficient (Wildman–Crippen LogP) is 2.31. The molecule has 0 aliphatic carbocycles. The maximum absolute atomic E-state index is 12.4. The predicted molar refractivity (Wildman–Crippen MR) is 63.8 cm³/mol. The van der Waals surface area contributed by atoms with Crippen molar-refractivity contribution in [2.45, 2.75) is 32.6 Å². The Balaban J connectivity index is 2.69. The fraction of sp³-hybridized carbons (Fsp3) is 0.583. The van der Waals surface area contributed by atoms with Crippen LogP contribution in [0.1, 0.15) is 24.7 Å². The molecule has 0 fully saturated rings. The summed E-state index contributed by atoms with van der Waals surface area (Å²) in [5, 5.41) is 0. The lowest BCUT2D eigenvalue weighted by Crippen LogP contribution is -2.34. The van der Waals surface area contributed by atoms with Gasteiger partial charge in [-0.25, -0.2) is 0 Å². The minimum Gasteiger partial charge on any atom is -0.325 e. The zero-order chi connectivity index (χ0) is 13.6. The van der Waals surface area contributed by atoms with Crippen LogP contribution in [0.2, 0.25) is 0 Å². The van der Waals surface area contributed by atoms with Gasteiger partial charge >= 0.3 is 6.18 Å². The van der Waals surface area contributed by atoms with Gasteiger partial charge in [-0.2, -0.15) is 13.2 Å². The molecule has 0 radical (unpaired) electrons. The quantitative estimate of drug-likeness (QED) is 0.854. The lowest BCUT2D eigenvalue weighted by molar-refractivity contribution is -0.147. The topological polar surface area (TPSA) is 42.1 Å². The van der Waals surface area contributed by atoms with Crippen LogP contribution in [-0.2, 0) is 13.1 Å². The second kappa shape index (κ2) is 6.70. The van der Waals surface area contributed by atoms with Crippen molar-refractivity contribution in [1.82, 2.24) is 9.88 Å². The Labute approximate surface area is 105 Å². The van der Waals surface area contributed by atoms with Crippen LogP contribution in [0.3, 0.4) is 0 Å². The van der Waals surface area contributed by atoms with Crippen LogP contribution in [-0.4, -0.2) is 29.1 Å². The van der Waals surface area contributed by atoms with Crippen LogP contribution in [0.5, 0.6) is 0 Å². The molecule has 0 bridgehead atoms. The smallest absolute Gasteiger partial charge is 0.325 e. The zero-order valence-corrected chi connectivity index (χ0v) is 10.4. The van der Waals surface area contributed by atoms with Gasteiger partial charge in [0.05, 0.1) is 17.9 Å². The Hall–Kier alpha value is -1.14. The van der Waals surface area contributed by atoms with Gasteiger partial charge in [-0.1, -0.05) is 13.0 Å². The molecule has 0 unspecified atom stereocenters. The van der Waals surface area contributed by atoms with E-state index < -0.39 is 12.7 Å². The van der Waals surface area contributed by atoms with Crippen molar-refractivity contribution >= 4 is 0 Å². The molecule has 18 heavy (non-hydrogen) atoms. The second-order valence-electron chi connectivity index (χ2n) is 4.15. The van der Waals surface area contributed by atoms with Gasteiger partial charge < -0.3 is 5.73 Å². The van der Waals surface area contributed by atoms with Crippen LogP contribution in [0, 0.1) is 0 Å². The van der Waals surface area contributed by atoms with Gasteiger partial charge in [-0.15, -0.1) is 0 Å². The number of rotatable bonds is 6. The number of pyridine rings is 1. The first-order valence-electron chi connectivity index (χ1n) is 5.88. The second-order valence-corrected chi connectivity index (χ2v) is 4.15. The molecule has 0 aliphatic heterocycles. The first-order valence-corrected chi connectivity index (χ1v) is 5.88. The van der Waals surface area contributed by atoms with Crippen LogP contribution in [0.4, 0.5) is 13.2 Å². The van der Waals surface area contributed by atoms with Crippen molar-refractivity contribution in [3.63, 3.8) is 0 Å². The summed E-state index contributed by atoms with van der Waals surface area (Å²) in [6.07, 6.45) is -3.51. The number of hydrogen-bond donors (Lipinski definition) is 1. The molecule has 0 atom stereocenters. The van der Waals surface area contributed by atoms with E-state index in [0.29, 0.717) is 30.9 Å². The van der Waals surface area contributed by atoms with E-state index in [2.05, 4.69) is 4.98 Å². The largest absolute Gasteiger partial charge is 0.401 e. The Bertz CT molecular complexity index is 366. The average molecular weight is 261 g/mol. The number of alkyl halides is 3. The fourth-order valence-electron chi connectivity index (χ4n) is 1.74. The van der Waals surface area contributed by atoms with Crippen molar-refractivity contribution in [3.05, 3.63) is 29.6 Å². The molecule has 1 rings (SSSR count). The summed E-state index contributed by atoms with van der Waals surface area (Å²) in [5.74, 6) is 0. The first-order chi connectivity index (χ1) is 8.44. The summed E-state index contributed by atoms with van der Waals surface area (Å²) >= 11 is 0. The molecule has 0 amide bonds. The first kappa shape index (κ1) is 14.9. The third-order valence-corrected chi connectivity index (χ3v) is 2.40. The number of hydrogen-bond acceptors (Lipinski definition) is 3. The molecule has 1 aromatic rings. The highest BCUT2D eigenvalue weighted by Crippen LogP contribution is 2.18. The van der Waals surface area contributed by atoms with Gasteiger partial charge in [0.2, 0.25) is 0 Å². The number of nitrogens with zero attached hydrogens (tertiary/aromatic N) is 2. The third kappa shape index (κ3) is 5.46. The minimum absolute atomic E-state index is 0.196. The Kier molecular flexibility index (Phi) is 5.55. The molecular formula is C12H18F3N3. The summed E-state index contributed by atoms with van der Waals surface area (Å²) in [5.41, 5.74) is 6.77. The van der Waals surface area contributed by atoms with Gasteiger partial charge in [-0.3, -0.25) is 9.88 Å². The van der Waals surface area contributed by atoms with E-state index in [4.69, 9.17) is 5.73 Å². The Morgan fingerprint density at radius 2 is 1.94 bits per heavy atom. The average Bonchev–Trinajstić information content (AvgIpc) is 2.27. The van der Waals surface area contributed by atoms with Crippen molar-refractivity contribution < 1.29 is 13.2 Å². The highest BCUT2D eigenvalue weighted by molar-refractivity contribution is 5.11. The minimum atomic E-state index is -4.18. The number of nitrogens with two attached hydrogens (primary N) is 1. The maximum atomic E-state index is 12.4. The molecule has 0 aliphatic rings. The van der Waals surface area contributed by atoms with Gasteiger partial charge in [0.1, 0.15) is 0 Å². The molecule has 3 nitrogen and oxygen atoms in total. The lowest BCUT2D eigenvalue weighted by Gasteiger charge is -2.22. The van der Waals surface area contributed by atoms with Crippen LogP contribution in [0.15, 0.2) is 18.2 Å². The molecule has 2 N–H and O–H groups in total. The van der Waals surface area contributed by atoms with Crippen LogP contribution < -0.4 is 5.73 Å². The van der Waals surface area contributed by atoms with Crippen LogP contribution in [0.25, 0.3) is 0 Å². The third-order valence-electron chi connectivity index (χ3n) is 2.40. The molecule has 0 aromatic carbocycles. The van der Waals surface area contributed by atoms with E-state index in [0.717, 1.165) is 0 Å². The van der Waals surface area contributed by atoms with E-state index in [1.807, 2.05) is 6.92 Å². The summed E-state index contributed by atoms with van der Waals surface area (Å²) in [7, 11) is 0. The Morgan fingerprint density at radius 3 is 2.50 bits per heavy atom. The molecule has 0 saturated carbocycles. The van der Waals surface area contributed by atoms with Crippen molar-refractivity contribution in [1.29, 1.82) is 0 Å². The molecular weight excluding hydrogens is 243 g/mol. The maximum Gasteiger partial charge on any atom is 0.401 e. The molecule has 6 heteroatoms. The van der Waals surface area contributed by atoms with Crippen molar-refractivity contribution in [3.8, 4) is 0 Å². The molecule has 0 saturated heterocycles. The Morgan fingerprint density at radius 1 is 1.28 bits per heavy atom. The summed E-state index contributed by atoms with van der Waals surface area (Å²) < 4.78 is 37.2. The summed E-state index contributed by atoms with van der Waals surface area (Å²) in [6.45, 7) is 1.83. The lowest BCUT2D eigenvalue weighted by atomic mass is 10.2. The summed E-state index contributed by atoms with van der Waals surface area (Å²) in [6, 6.07) is 5.25.